The summed E-state index contributed by atoms with van der Waals surface area (Å²) in [6, 6.07) is 0. The maximum Gasteiger partial charge on any atom is 0.0433 e. The Labute approximate surface area is 87.4 Å². The van der Waals surface area contributed by atoms with Crippen LogP contribution >= 0.6 is 11.6 Å². The summed E-state index contributed by atoms with van der Waals surface area (Å²) < 4.78 is 0. The summed E-state index contributed by atoms with van der Waals surface area (Å²) in [7, 11) is 0. The number of hydrogen-bond donors (Lipinski definition) is 0. The number of allylic oxidation sites excluding steroid dienone is 2. The number of halogens is 1. The van der Waals surface area contributed by atoms with Gasteiger partial charge in [-0.2, -0.15) is 0 Å². The third-order valence-electron chi connectivity index (χ3n) is 3.25. The molecule has 0 nitrogen and oxygen atoms in total. The molecule has 1 aliphatic rings. The van der Waals surface area contributed by atoms with Crippen molar-refractivity contribution >= 4 is 11.6 Å². The first-order valence-electron chi connectivity index (χ1n) is 5.53. The number of rotatable bonds is 3. The van der Waals surface area contributed by atoms with Crippen molar-refractivity contribution in [1.82, 2.24) is 0 Å². The third-order valence-corrected chi connectivity index (χ3v) is 3.60. The second kappa shape index (κ2) is 5.70. The molecule has 0 aromatic rings. The standard InChI is InChI=1S/C12H21Cl/c1-3-11(9-13)8-12-7-5-4-6-10(12)2/h8,10,12H,3-7,9H2,1-2H3/b11-8+. The fraction of sp³-hybridized carbons (Fsp3) is 0.833. The molecule has 0 aliphatic heterocycles. The molecule has 1 heteroatoms. The summed E-state index contributed by atoms with van der Waals surface area (Å²) in [6.07, 6.45) is 9.17. The van der Waals surface area contributed by atoms with Gasteiger partial charge in [-0.25, -0.2) is 0 Å². The van der Waals surface area contributed by atoms with E-state index >= 15 is 0 Å². The fourth-order valence-electron chi connectivity index (χ4n) is 2.15. The predicted molar refractivity (Wildman–Crippen MR) is 60.2 cm³/mol. The van der Waals surface area contributed by atoms with Crippen molar-refractivity contribution in [3.8, 4) is 0 Å². The van der Waals surface area contributed by atoms with Crippen LogP contribution in [-0.4, -0.2) is 5.88 Å². The molecule has 0 amide bonds. The monoisotopic (exact) mass is 200 g/mol. The van der Waals surface area contributed by atoms with Crippen LogP contribution in [-0.2, 0) is 0 Å². The van der Waals surface area contributed by atoms with Gasteiger partial charge in [0.1, 0.15) is 0 Å². The van der Waals surface area contributed by atoms with Crippen molar-refractivity contribution in [3.05, 3.63) is 11.6 Å². The van der Waals surface area contributed by atoms with E-state index in [4.69, 9.17) is 11.6 Å². The average molecular weight is 201 g/mol. The van der Waals surface area contributed by atoms with Gasteiger partial charge in [-0.3, -0.25) is 0 Å². The van der Waals surface area contributed by atoms with Crippen molar-refractivity contribution in [3.63, 3.8) is 0 Å². The maximum atomic E-state index is 5.87. The van der Waals surface area contributed by atoms with E-state index in [1.165, 1.54) is 31.3 Å². The predicted octanol–water partition coefficient (Wildman–Crippen LogP) is 4.39. The van der Waals surface area contributed by atoms with Crippen LogP contribution in [0, 0.1) is 11.8 Å². The summed E-state index contributed by atoms with van der Waals surface area (Å²) in [5.41, 5.74) is 1.43. The lowest BCUT2D eigenvalue weighted by molar-refractivity contribution is 0.305. The molecule has 76 valence electrons. The zero-order chi connectivity index (χ0) is 9.68. The molecule has 0 saturated heterocycles. The number of alkyl halides is 1. The Hall–Kier alpha value is 0.0300. The van der Waals surface area contributed by atoms with Gasteiger partial charge in [0.25, 0.3) is 0 Å². The van der Waals surface area contributed by atoms with Gasteiger partial charge in [-0.1, -0.05) is 44.8 Å². The molecule has 1 aliphatic carbocycles. The zero-order valence-electron chi connectivity index (χ0n) is 8.85. The van der Waals surface area contributed by atoms with Crippen LogP contribution in [0.2, 0.25) is 0 Å². The van der Waals surface area contributed by atoms with Crippen molar-refractivity contribution < 1.29 is 0 Å². The van der Waals surface area contributed by atoms with Crippen LogP contribution in [0.1, 0.15) is 46.0 Å². The minimum atomic E-state index is 0.722. The van der Waals surface area contributed by atoms with E-state index < -0.39 is 0 Å². The summed E-state index contributed by atoms with van der Waals surface area (Å²) in [6.45, 7) is 4.57. The van der Waals surface area contributed by atoms with Gasteiger partial charge in [0.2, 0.25) is 0 Å². The largest absolute Gasteiger partial charge is 0.122 e. The molecule has 0 bridgehead atoms. The van der Waals surface area contributed by atoms with Crippen LogP contribution in [0.5, 0.6) is 0 Å². The molecule has 0 heterocycles. The minimum Gasteiger partial charge on any atom is -0.122 e. The van der Waals surface area contributed by atoms with Crippen molar-refractivity contribution in [1.29, 1.82) is 0 Å². The Balaban J connectivity index is 2.53. The Morgan fingerprint density at radius 1 is 1.38 bits per heavy atom. The van der Waals surface area contributed by atoms with E-state index in [1.807, 2.05) is 0 Å². The molecule has 1 rings (SSSR count). The molecule has 0 aromatic carbocycles. The first-order valence-corrected chi connectivity index (χ1v) is 6.07. The van der Waals surface area contributed by atoms with Gasteiger partial charge in [0.05, 0.1) is 0 Å². The van der Waals surface area contributed by atoms with Crippen LogP contribution < -0.4 is 0 Å². The summed E-state index contributed by atoms with van der Waals surface area (Å²) >= 11 is 5.87. The van der Waals surface area contributed by atoms with Gasteiger partial charge < -0.3 is 0 Å². The van der Waals surface area contributed by atoms with Gasteiger partial charge in [-0.05, 0) is 24.7 Å². The lowest BCUT2D eigenvalue weighted by atomic mass is 9.79. The summed E-state index contributed by atoms with van der Waals surface area (Å²) in [5, 5.41) is 0. The highest BCUT2D eigenvalue weighted by Gasteiger charge is 2.19. The first-order chi connectivity index (χ1) is 6.27. The van der Waals surface area contributed by atoms with Crippen molar-refractivity contribution in [2.45, 2.75) is 46.0 Å². The SMILES string of the molecule is CC/C(=C\C1CCCCC1C)CCl. The molecule has 0 N–H and O–H groups in total. The molecular weight excluding hydrogens is 180 g/mol. The maximum absolute atomic E-state index is 5.87. The van der Waals surface area contributed by atoms with Gasteiger partial charge in [0.15, 0.2) is 0 Å². The highest BCUT2D eigenvalue weighted by molar-refractivity contribution is 6.19. The fourth-order valence-corrected chi connectivity index (χ4v) is 2.43. The lowest BCUT2D eigenvalue weighted by Crippen LogP contribution is -2.15. The van der Waals surface area contributed by atoms with Gasteiger partial charge >= 0.3 is 0 Å². The first kappa shape index (κ1) is 11.1. The van der Waals surface area contributed by atoms with Crippen molar-refractivity contribution in [2.75, 3.05) is 5.88 Å². The Morgan fingerprint density at radius 3 is 2.62 bits per heavy atom. The molecule has 1 saturated carbocycles. The van der Waals surface area contributed by atoms with Gasteiger partial charge in [0, 0.05) is 5.88 Å². The second-order valence-electron chi connectivity index (χ2n) is 4.24. The number of hydrogen-bond acceptors (Lipinski definition) is 0. The van der Waals surface area contributed by atoms with E-state index in [0.29, 0.717) is 0 Å². The molecule has 2 unspecified atom stereocenters. The van der Waals surface area contributed by atoms with E-state index in [-0.39, 0.29) is 0 Å². The Bertz CT molecular complexity index is 166. The van der Waals surface area contributed by atoms with E-state index in [1.54, 1.807) is 0 Å². The van der Waals surface area contributed by atoms with Crippen LogP contribution in [0.15, 0.2) is 11.6 Å². The van der Waals surface area contributed by atoms with Crippen molar-refractivity contribution in [2.24, 2.45) is 11.8 Å². The Morgan fingerprint density at radius 2 is 2.08 bits per heavy atom. The smallest absolute Gasteiger partial charge is 0.0433 e. The topological polar surface area (TPSA) is 0 Å². The molecule has 1 fully saturated rings. The molecular formula is C12H21Cl. The molecule has 0 spiro atoms. The molecule has 0 radical (unpaired) electrons. The molecule has 2 atom stereocenters. The highest BCUT2D eigenvalue weighted by atomic mass is 35.5. The van der Waals surface area contributed by atoms with Crippen LogP contribution in [0.3, 0.4) is 0 Å². The third kappa shape index (κ3) is 3.34. The lowest BCUT2D eigenvalue weighted by Gasteiger charge is -2.26. The quantitative estimate of drug-likeness (QED) is 0.468. The van der Waals surface area contributed by atoms with E-state index in [0.717, 1.165) is 24.1 Å². The zero-order valence-corrected chi connectivity index (χ0v) is 9.61. The van der Waals surface area contributed by atoms with E-state index in [9.17, 15) is 0 Å². The van der Waals surface area contributed by atoms with E-state index in [2.05, 4.69) is 19.9 Å². The molecule has 0 aromatic heterocycles. The van der Waals surface area contributed by atoms with Crippen LogP contribution in [0.4, 0.5) is 0 Å². The Kier molecular flexibility index (Phi) is 4.87. The normalized spacial score (nSPS) is 30.5. The average Bonchev–Trinajstić information content (AvgIpc) is 2.17. The highest BCUT2D eigenvalue weighted by Crippen LogP contribution is 2.31. The van der Waals surface area contributed by atoms with Gasteiger partial charge in [-0.15, -0.1) is 11.6 Å². The minimum absolute atomic E-state index is 0.722. The molecule has 13 heavy (non-hydrogen) atoms. The summed E-state index contributed by atoms with van der Waals surface area (Å²) in [5.74, 6) is 2.40. The second-order valence-corrected chi connectivity index (χ2v) is 4.50. The van der Waals surface area contributed by atoms with Crippen LogP contribution in [0.25, 0.3) is 0 Å². The summed E-state index contributed by atoms with van der Waals surface area (Å²) in [4.78, 5) is 0.